The fourth-order valence-electron chi connectivity index (χ4n) is 4.26. The van der Waals surface area contributed by atoms with Crippen LogP contribution in [0.1, 0.15) is 26.4 Å². The lowest BCUT2D eigenvalue weighted by Gasteiger charge is -2.25. The van der Waals surface area contributed by atoms with E-state index >= 15 is 0 Å². The van der Waals surface area contributed by atoms with Gasteiger partial charge in [-0.05, 0) is 55.6 Å². The maximum absolute atomic E-state index is 10.9. The summed E-state index contributed by atoms with van der Waals surface area (Å²) in [4.78, 5) is 20.3. The van der Waals surface area contributed by atoms with E-state index in [9.17, 15) is 9.90 Å². The van der Waals surface area contributed by atoms with Crippen LogP contribution in [-0.2, 0) is 6.54 Å². The average Bonchev–Trinajstić information content (AvgIpc) is 3.39. The van der Waals surface area contributed by atoms with Crippen LogP contribution in [0.25, 0.3) is 22.6 Å². The fourth-order valence-corrected chi connectivity index (χ4v) is 5.18. The Balaban J connectivity index is 1.51. The first-order valence-electron chi connectivity index (χ1n) is 12.3. The van der Waals surface area contributed by atoms with Gasteiger partial charge in [0, 0.05) is 66.7 Å². The van der Waals surface area contributed by atoms with Gasteiger partial charge in [0.25, 0.3) is 0 Å². The molecule has 7 heteroatoms. The Kier molecular flexibility index (Phi) is 8.93. The van der Waals surface area contributed by atoms with Gasteiger partial charge in [-0.1, -0.05) is 30.3 Å². The van der Waals surface area contributed by atoms with Crippen molar-refractivity contribution >= 4 is 29.8 Å². The van der Waals surface area contributed by atoms with Gasteiger partial charge in [-0.2, -0.15) is 0 Å². The number of methoxy groups -OCH3 is 1. The summed E-state index contributed by atoms with van der Waals surface area (Å²) in [6.45, 7) is 6.73. The van der Waals surface area contributed by atoms with Gasteiger partial charge in [0.15, 0.2) is 11.5 Å². The van der Waals surface area contributed by atoms with Crippen LogP contribution in [0.2, 0.25) is 0 Å². The van der Waals surface area contributed by atoms with E-state index in [1.54, 1.807) is 18.4 Å². The topological polar surface area (TPSA) is 56.2 Å². The summed E-state index contributed by atoms with van der Waals surface area (Å²) in [5.74, 6) is 0.709. The number of carbonyl (C=O) groups is 1. The number of phenolic OH excluding ortho intramolecular Hbond substituents is 1. The van der Waals surface area contributed by atoms with Crippen molar-refractivity contribution in [2.45, 2.75) is 6.54 Å². The Hall–Kier alpha value is -2.97. The molecule has 0 aliphatic carbocycles. The minimum atomic E-state index is 0.216. The molecule has 0 unspecified atom stereocenters. The van der Waals surface area contributed by atoms with Crippen LogP contribution in [0.5, 0.6) is 11.5 Å². The van der Waals surface area contributed by atoms with E-state index in [1.807, 2.05) is 30.3 Å². The van der Waals surface area contributed by atoms with E-state index in [-0.39, 0.29) is 5.75 Å². The molecule has 190 valence electrons. The van der Waals surface area contributed by atoms with Crippen LogP contribution >= 0.6 is 11.3 Å². The molecule has 4 rings (SSSR count). The normalized spacial score (nSPS) is 16.5. The maximum atomic E-state index is 10.9. The lowest BCUT2D eigenvalue weighted by molar-refractivity contribution is 0.112. The number of phenols is 1. The monoisotopic (exact) mass is 505 g/mol. The van der Waals surface area contributed by atoms with Crippen molar-refractivity contribution in [1.82, 2.24) is 14.7 Å². The number of aldehydes is 1. The first-order valence-corrected chi connectivity index (χ1v) is 13.1. The van der Waals surface area contributed by atoms with Gasteiger partial charge in [0.2, 0.25) is 0 Å². The molecule has 1 saturated heterocycles. The largest absolute Gasteiger partial charge is 0.504 e. The minimum absolute atomic E-state index is 0.216. The van der Waals surface area contributed by atoms with Crippen molar-refractivity contribution in [3.63, 3.8) is 0 Å². The second-order valence-corrected chi connectivity index (χ2v) is 10.5. The molecule has 1 aliphatic heterocycles. The van der Waals surface area contributed by atoms with Crippen molar-refractivity contribution in [2.75, 3.05) is 60.5 Å². The maximum Gasteiger partial charge on any atom is 0.162 e. The molecule has 36 heavy (non-hydrogen) atoms. The summed E-state index contributed by atoms with van der Waals surface area (Å²) >= 11 is 1.70. The number of benzene rings is 2. The average molecular weight is 506 g/mol. The Morgan fingerprint density at radius 2 is 1.56 bits per heavy atom. The number of hydrogen-bond acceptors (Lipinski definition) is 7. The Labute approximate surface area is 218 Å². The molecule has 2 aromatic carbocycles. The van der Waals surface area contributed by atoms with Crippen molar-refractivity contribution < 1.29 is 14.6 Å². The zero-order valence-electron chi connectivity index (χ0n) is 21.3. The van der Waals surface area contributed by atoms with Crippen LogP contribution in [0.4, 0.5) is 0 Å². The molecule has 6 nitrogen and oxygen atoms in total. The molecule has 2 heterocycles. The first kappa shape index (κ1) is 26.1. The van der Waals surface area contributed by atoms with E-state index in [0.29, 0.717) is 17.9 Å². The molecule has 1 N–H and O–H groups in total. The minimum Gasteiger partial charge on any atom is -0.504 e. The molecule has 0 spiro atoms. The number of hydrogen-bond donors (Lipinski definition) is 1. The van der Waals surface area contributed by atoms with Crippen LogP contribution in [0.15, 0.2) is 48.5 Å². The Morgan fingerprint density at radius 1 is 0.889 bits per heavy atom. The van der Waals surface area contributed by atoms with Gasteiger partial charge in [0.1, 0.15) is 6.29 Å². The van der Waals surface area contributed by atoms with Crippen molar-refractivity contribution in [3.05, 3.63) is 70.1 Å². The molecule has 3 aromatic rings. The van der Waals surface area contributed by atoms with E-state index in [2.05, 4.69) is 59.1 Å². The second-order valence-electron chi connectivity index (χ2n) is 9.39. The SMILES string of the molecule is COc1cc(/C=C/c2ccc(-c3ccc(C=O)cc3)s2)cc(CN2CCN(C)CCN(C)CC2)c1O. The predicted octanol–water partition coefficient (Wildman–Crippen LogP) is 4.79. The number of ether oxygens (including phenoxy) is 1. The number of aromatic hydroxyl groups is 1. The van der Waals surface area contributed by atoms with Crippen LogP contribution in [0, 0.1) is 0 Å². The highest BCUT2D eigenvalue weighted by Crippen LogP contribution is 2.34. The molecule has 0 radical (unpaired) electrons. The zero-order valence-corrected chi connectivity index (χ0v) is 22.1. The molecule has 1 aliphatic rings. The fraction of sp³-hybridized carbons (Fsp3) is 0.345. The molecular formula is C29H35N3O3S. The summed E-state index contributed by atoms with van der Waals surface area (Å²) in [7, 11) is 5.93. The Bertz CT molecular complexity index is 1170. The van der Waals surface area contributed by atoms with Gasteiger partial charge < -0.3 is 19.6 Å². The van der Waals surface area contributed by atoms with E-state index < -0.39 is 0 Å². The zero-order chi connectivity index (χ0) is 25.5. The quantitative estimate of drug-likeness (QED) is 0.466. The number of nitrogens with zero attached hydrogens (tertiary/aromatic N) is 3. The predicted molar refractivity (Wildman–Crippen MR) is 149 cm³/mol. The third-order valence-electron chi connectivity index (χ3n) is 6.65. The van der Waals surface area contributed by atoms with Gasteiger partial charge in [0.05, 0.1) is 7.11 Å². The summed E-state index contributed by atoms with van der Waals surface area (Å²) in [6.07, 6.45) is 5.02. The number of likely N-dealkylation sites (N-methyl/N-ethyl adjacent to an activating group) is 2. The lowest BCUT2D eigenvalue weighted by Crippen LogP contribution is -2.34. The highest BCUT2D eigenvalue weighted by molar-refractivity contribution is 7.16. The highest BCUT2D eigenvalue weighted by atomic mass is 32.1. The lowest BCUT2D eigenvalue weighted by atomic mass is 10.1. The molecule has 0 atom stereocenters. The van der Waals surface area contributed by atoms with Gasteiger partial charge in [-0.15, -0.1) is 11.3 Å². The summed E-state index contributed by atoms with van der Waals surface area (Å²) in [5.41, 5.74) is 3.64. The van der Waals surface area contributed by atoms with Gasteiger partial charge >= 0.3 is 0 Å². The third-order valence-corrected chi connectivity index (χ3v) is 7.75. The van der Waals surface area contributed by atoms with Crippen molar-refractivity contribution in [1.29, 1.82) is 0 Å². The van der Waals surface area contributed by atoms with E-state index in [0.717, 1.165) is 72.0 Å². The van der Waals surface area contributed by atoms with Crippen LogP contribution < -0.4 is 4.74 Å². The molecule has 0 amide bonds. The summed E-state index contributed by atoms with van der Waals surface area (Å²) in [6, 6.07) is 15.8. The number of thiophene rings is 1. The van der Waals surface area contributed by atoms with E-state index in [4.69, 9.17) is 4.74 Å². The second kappa shape index (κ2) is 12.3. The molecule has 0 saturated carbocycles. The van der Waals surface area contributed by atoms with Crippen molar-refractivity contribution in [2.24, 2.45) is 0 Å². The third kappa shape index (κ3) is 6.83. The highest BCUT2D eigenvalue weighted by Gasteiger charge is 2.17. The van der Waals surface area contributed by atoms with Crippen molar-refractivity contribution in [3.8, 4) is 21.9 Å². The van der Waals surface area contributed by atoms with Crippen LogP contribution in [-0.4, -0.2) is 86.6 Å². The van der Waals surface area contributed by atoms with Gasteiger partial charge in [-0.25, -0.2) is 0 Å². The molecule has 1 fully saturated rings. The smallest absolute Gasteiger partial charge is 0.162 e. The first-order chi connectivity index (χ1) is 17.4. The summed E-state index contributed by atoms with van der Waals surface area (Å²) in [5, 5.41) is 10.9. The molecule has 0 bridgehead atoms. The molecule has 1 aromatic heterocycles. The standard InChI is InChI=1S/C29H35N3O3S/c1-30-12-13-31(2)15-17-32(16-14-30)20-25-18-23(19-27(35-3)29(25)34)6-9-26-10-11-28(36-26)24-7-4-22(21-33)5-8-24/h4-11,18-19,21,34H,12-17,20H2,1-3H3/b9-6+. The summed E-state index contributed by atoms with van der Waals surface area (Å²) < 4.78 is 5.51. The van der Waals surface area contributed by atoms with Gasteiger partial charge in [-0.3, -0.25) is 9.69 Å². The Morgan fingerprint density at radius 3 is 2.19 bits per heavy atom. The van der Waals surface area contributed by atoms with E-state index in [1.165, 1.54) is 0 Å². The number of rotatable bonds is 7. The van der Waals surface area contributed by atoms with Crippen LogP contribution in [0.3, 0.4) is 0 Å². The molecular weight excluding hydrogens is 470 g/mol. The number of carbonyl (C=O) groups excluding carboxylic acids is 1.